The van der Waals surface area contributed by atoms with Gasteiger partial charge in [-0.15, -0.1) is 0 Å². The SMILES string of the molecule is Nc1ncnc2c1ncn2C[C@]12O[C@H](c3ccccc31)[C@@H](O)[C@H]2O. The van der Waals surface area contributed by atoms with Crippen LogP contribution in [0.25, 0.3) is 11.2 Å². The van der Waals surface area contributed by atoms with Crippen LogP contribution in [-0.2, 0) is 16.9 Å². The second-order valence-electron chi connectivity index (χ2n) is 6.25. The van der Waals surface area contributed by atoms with Gasteiger partial charge in [0.25, 0.3) is 0 Å². The largest absolute Gasteiger partial charge is 0.387 e. The van der Waals surface area contributed by atoms with Gasteiger partial charge >= 0.3 is 0 Å². The van der Waals surface area contributed by atoms with Crippen LogP contribution < -0.4 is 5.73 Å². The van der Waals surface area contributed by atoms with Crippen molar-refractivity contribution >= 4 is 17.0 Å². The summed E-state index contributed by atoms with van der Waals surface area (Å²) in [6.45, 7) is 0.270. The summed E-state index contributed by atoms with van der Waals surface area (Å²) < 4.78 is 7.86. The molecule has 0 amide bonds. The molecule has 1 aromatic carbocycles. The summed E-state index contributed by atoms with van der Waals surface area (Å²) >= 11 is 0. The average molecular weight is 325 g/mol. The van der Waals surface area contributed by atoms with Gasteiger partial charge in [0, 0.05) is 0 Å². The number of aliphatic hydroxyl groups excluding tert-OH is 2. The molecule has 2 aliphatic heterocycles. The minimum atomic E-state index is -1.03. The zero-order chi connectivity index (χ0) is 16.5. The van der Waals surface area contributed by atoms with E-state index >= 15 is 0 Å². The molecule has 0 spiro atoms. The highest BCUT2D eigenvalue weighted by molar-refractivity contribution is 5.81. The second kappa shape index (κ2) is 4.50. The van der Waals surface area contributed by atoms with Crippen molar-refractivity contribution in [3.05, 3.63) is 48.0 Å². The first-order valence-electron chi connectivity index (χ1n) is 7.66. The van der Waals surface area contributed by atoms with Crippen LogP contribution in [0, 0.1) is 0 Å². The number of ether oxygens (including phenoxy) is 1. The molecule has 5 rings (SSSR count). The van der Waals surface area contributed by atoms with E-state index in [1.165, 1.54) is 6.33 Å². The predicted molar refractivity (Wildman–Crippen MR) is 83.7 cm³/mol. The standard InChI is InChI=1S/C16H15N5O3/c17-14-10-15(19-6-18-14)21(7-20-10)5-16-9-4-2-1-3-8(9)12(24-16)11(22)13(16)23/h1-4,6-7,11-13,22-23H,5H2,(H2,17,18,19)/t11-,12-,13-,16+/m1/s1. The van der Waals surface area contributed by atoms with Crippen LogP contribution in [0.2, 0.25) is 0 Å². The molecule has 4 heterocycles. The molecule has 8 heteroatoms. The minimum Gasteiger partial charge on any atom is -0.387 e. The van der Waals surface area contributed by atoms with Crippen molar-refractivity contribution in [1.82, 2.24) is 19.5 Å². The second-order valence-corrected chi connectivity index (χ2v) is 6.25. The molecule has 24 heavy (non-hydrogen) atoms. The van der Waals surface area contributed by atoms with E-state index in [-0.39, 0.29) is 6.54 Å². The van der Waals surface area contributed by atoms with Gasteiger partial charge in [0.1, 0.15) is 35.8 Å². The fraction of sp³-hybridized carbons (Fsp3) is 0.312. The number of aromatic nitrogens is 4. The molecule has 1 fully saturated rings. The lowest BCUT2D eigenvalue weighted by Crippen LogP contribution is -2.45. The molecule has 122 valence electrons. The summed E-state index contributed by atoms with van der Waals surface area (Å²) in [6.07, 6.45) is 0.454. The third-order valence-corrected chi connectivity index (χ3v) is 5.01. The van der Waals surface area contributed by atoms with Crippen molar-refractivity contribution in [3.8, 4) is 0 Å². The number of benzene rings is 1. The van der Waals surface area contributed by atoms with E-state index in [0.29, 0.717) is 17.0 Å². The van der Waals surface area contributed by atoms with Crippen LogP contribution in [-0.4, -0.2) is 41.9 Å². The van der Waals surface area contributed by atoms with E-state index in [2.05, 4.69) is 15.0 Å². The highest BCUT2D eigenvalue weighted by Crippen LogP contribution is 2.55. The lowest BCUT2D eigenvalue weighted by atomic mass is 9.78. The van der Waals surface area contributed by atoms with Crippen molar-refractivity contribution in [2.24, 2.45) is 0 Å². The molecule has 8 nitrogen and oxygen atoms in total. The minimum absolute atomic E-state index is 0.270. The smallest absolute Gasteiger partial charge is 0.165 e. The van der Waals surface area contributed by atoms with Crippen molar-refractivity contribution in [2.75, 3.05) is 5.73 Å². The van der Waals surface area contributed by atoms with Crippen LogP contribution in [0.4, 0.5) is 5.82 Å². The Morgan fingerprint density at radius 2 is 2.04 bits per heavy atom. The van der Waals surface area contributed by atoms with Gasteiger partial charge in [-0.1, -0.05) is 24.3 Å². The van der Waals surface area contributed by atoms with Crippen LogP contribution >= 0.6 is 0 Å². The van der Waals surface area contributed by atoms with Gasteiger partial charge in [0.15, 0.2) is 11.5 Å². The molecule has 1 saturated heterocycles. The van der Waals surface area contributed by atoms with Gasteiger partial charge in [0.2, 0.25) is 0 Å². The summed E-state index contributed by atoms with van der Waals surface area (Å²) in [5.41, 5.74) is 7.66. The number of anilines is 1. The third-order valence-electron chi connectivity index (χ3n) is 5.01. The zero-order valence-electron chi connectivity index (χ0n) is 12.6. The normalized spacial score (nSPS) is 30.8. The molecule has 0 radical (unpaired) electrons. The Morgan fingerprint density at radius 1 is 1.21 bits per heavy atom. The molecule has 0 unspecified atom stereocenters. The Hall–Kier alpha value is -2.55. The first kappa shape index (κ1) is 13.8. The third kappa shape index (κ3) is 1.55. The average Bonchev–Trinajstić information content (AvgIpc) is 3.22. The molecule has 2 aliphatic rings. The number of nitrogen functional groups attached to an aromatic ring is 1. The Labute approximate surface area is 136 Å². The molecular formula is C16H15N5O3. The van der Waals surface area contributed by atoms with Crippen molar-refractivity contribution in [2.45, 2.75) is 30.5 Å². The fourth-order valence-corrected chi connectivity index (χ4v) is 3.89. The van der Waals surface area contributed by atoms with E-state index in [0.717, 1.165) is 11.1 Å². The van der Waals surface area contributed by atoms with E-state index in [4.69, 9.17) is 10.5 Å². The highest BCUT2D eigenvalue weighted by Gasteiger charge is 2.62. The monoisotopic (exact) mass is 325 g/mol. The molecule has 4 atom stereocenters. The van der Waals surface area contributed by atoms with Gasteiger partial charge in [-0.2, -0.15) is 0 Å². The molecule has 2 aromatic heterocycles. The van der Waals surface area contributed by atoms with E-state index in [1.54, 1.807) is 10.9 Å². The first-order valence-corrected chi connectivity index (χ1v) is 7.66. The molecule has 0 saturated carbocycles. The lowest BCUT2D eigenvalue weighted by Gasteiger charge is -2.33. The first-order chi connectivity index (χ1) is 11.6. The number of nitrogens with two attached hydrogens (primary N) is 1. The predicted octanol–water partition coefficient (Wildman–Crippen LogP) is 0.111. The number of fused-ring (bicyclic) bond motifs is 6. The topological polar surface area (TPSA) is 119 Å². The Kier molecular flexibility index (Phi) is 2.60. The Morgan fingerprint density at radius 3 is 2.92 bits per heavy atom. The number of aliphatic hydroxyl groups is 2. The van der Waals surface area contributed by atoms with Crippen LogP contribution in [0.1, 0.15) is 17.2 Å². The number of imidazole rings is 1. The zero-order valence-corrected chi connectivity index (χ0v) is 12.6. The van der Waals surface area contributed by atoms with Crippen molar-refractivity contribution < 1.29 is 14.9 Å². The van der Waals surface area contributed by atoms with E-state index in [9.17, 15) is 10.2 Å². The Bertz CT molecular complexity index is 958. The Balaban J connectivity index is 1.66. The number of rotatable bonds is 2. The van der Waals surface area contributed by atoms with Crippen LogP contribution in [0.3, 0.4) is 0 Å². The molecule has 3 aromatic rings. The summed E-state index contributed by atoms with van der Waals surface area (Å²) in [7, 11) is 0. The summed E-state index contributed by atoms with van der Waals surface area (Å²) in [6, 6.07) is 7.64. The van der Waals surface area contributed by atoms with E-state index < -0.39 is 23.9 Å². The van der Waals surface area contributed by atoms with Gasteiger partial charge in [-0.05, 0) is 11.1 Å². The van der Waals surface area contributed by atoms with Gasteiger partial charge in [-0.25, -0.2) is 15.0 Å². The summed E-state index contributed by atoms with van der Waals surface area (Å²) in [5, 5.41) is 21.0. The summed E-state index contributed by atoms with van der Waals surface area (Å²) in [4.78, 5) is 12.4. The lowest BCUT2D eigenvalue weighted by molar-refractivity contribution is -0.0820. The number of hydrogen-bond donors (Lipinski definition) is 3. The summed E-state index contributed by atoms with van der Waals surface area (Å²) in [5.74, 6) is 0.300. The molecule has 2 bridgehead atoms. The van der Waals surface area contributed by atoms with Gasteiger partial charge in [0.05, 0.1) is 12.9 Å². The molecule has 4 N–H and O–H groups in total. The number of nitrogens with zero attached hydrogens (tertiary/aromatic N) is 4. The molecule has 0 aliphatic carbocycles. The molecular weight excluding hydrogens is 310 g/mol. The van der Waals surface area contributed by atoms with Gasteiger partial charge in [-0.3, -0.25) is 0 Å². The number of hydrogen-bond acceptors (Lipinski definition) is 7. The van der Waals surface area contributed by atoms with Crippen LogP contribution in [0.5, 0.6) is 0 Å². The van der Waals surface area contributed by atoms with Crippen LogP contribution in [0.15, 0.2) is 36.9 Å². The maximum absolute atomic E-state index is 10.6. The fourth-order valence-electron chi connectivity index (χ4n) is 3.89. The maximum atomic E-state index is 10.6. The quantitative estimate of drug-likeness (QED) is 0.612. The van der Waals surface area contributed by atoms with Crippen molar-refractivity contribution in [3.63, 3.8) is 0 Å². The highest BCUT2D eigenvalue weighted by atomic mass is 16.6. The van der Waals surface area contributed by atoms with Gasteiger partial charge < -0.3 is 25.3 Å². The maximum Gasteiger partial charge on any atom is 0.165 e. The van der Waals surface area contributed by atoms with E-state index in [1.807, 2.05) is 24.3 Å². The van der Waals surface area contributed by atoms with Crippen molar-refractivity contribution in [1.29, 1.82) is 0 Å².